The van der Waals surface area contributed by atoms with Gasteiger partial charge in [-0.05, 0) is 23.6 Å². The number of rotatable bonds is 6. The molecule has 0 saturated carbocycles. The van der Waals surface area contributed by atoms with Crippen molar-refractivity contribution in [1.82, 2.24) is 20.2 Å². The zero-order valence-electron chi connectivity index (χ0n) is 16.9. The molecule has 7 heteroatoms. The largest absolute Gasteiger partial charge is 0.508 e. The molecule has 0 spiro atoms. The number of carbonyl (C=O) groups is 1. The highest BCUT2D eigenvalue weighted by atomic mass is 19.1. The fourth-order valence-corrected chi connectivity index (χ4v) is 4.35. The van der Waals surface area contributed by atoms with Crippen LogP contribution in [0.25, 0.3) is 0 Å². The molecular weight excluding hydrogens is 383 g/mol. The first-order chi connectivity index (χ1) is 14.6. The van der Waals surface area contributed by atoms with Gasteiger partial charge in [0.05, 0.1) is 19.3 Å². The number of nitrogens with zero attached hydrogens (tertiary/aromatic N) is 3. The maximum atomic E-state index is 14.3. The van der Waals surface area contributed by atoms with Crippen LogP contribution < -0.4 is 5.32 Å². The van der Waals surface area contributed by atoms with Gasteiger partial charge in [0.15, 0.2) is 0 Å². The minimum Gasteiger partial charge on any atom is -0.508 e. The lowest BCUT2D eigenvalue weighted by molar-refractivity contribution is -0.192. The van der Waals surface area contributed by atoms with Gasteiger partial charge in [-0.1, -0.05) is 42.5 Å². The SMILES string of the molecule is C=CCN1C(=O)CN2[C@@H](Cc3ccc(O)cc3F)CNC[C@@H]2N1Cc1ccccc1. The zero-order chi connectivity index (χ0) is 21.1. The molecule has 0 radical (unpaired) electrons. The van der Waals surface area contributed by atoms with Crippen LogP contribution in [-0.2, 0) is 17.8 Å². The molecule has 0 aromatic heterocycles. The van der Waals surface area contributed by atoms with Crippen molar-refractivity contribution >= 4 is 5.91 Å². The molecule has 2 atom stereocenters. The van der Waals surface area contributed by atoms with Crippen molar-refractivity contribution in [3.8, 4) is 5.75 Å². The van der Waals surface area contributed by atoms with Gasteiger partial charge in [0.2, 0.25) is 0 Å². The summed E-state index contributed by atoms with van der Waals surface area (Å²) in [5.74, 6) is -0.492. The molecule has 2 aromatic rings. The Morgan fingerprint density at radius 3 is 2.73 bits per heavy atom. The summed E-state index contributed by atoms with van der Waals surface area (Å²) < 4.78 is 14.3. The van der Waals surface area contributed by atoms with E-state index in [9.17, 15) is 14.3 Å². The average Bonchev–Trinajstić information content (AvgIpc) is 2.74. The van der Waals surface area contributed by atoms with Gasteiger partial charge >= 0.3 is 0 Å². The van der Waals surface area contributed by atoms with Crippen molar-refractivity contribution in [2.75, 3.05) is 26.2 Å². The number of aromatic hydroxyl groups is 1. The first kappa shape index (κ1) is 20.5. The van der Waals surface area contributed by atoms with Crippen molar-refractivity contribution in [2.24, 2.45) is 0 Å². The Bertz CT molecular complexity index is 907. The number of amides is 1. The number of phenolic OH excluding ortho intramolecular Hbond substituents is 1. The molecule has 2 N–H and O–H groups in total. The third-order valence-corrected chi connectivity index (χ3v) is 5.80. The van der Waals surface area contributed by atoms with E-state index in [1.165, 1.54) is 6.07 Å². The topological polar surface area (TPSA) is 59.1 Å². The van der Waals surface area contributed by atoms with Crippen molar-refractivity contribution in [2.45, 2.75) is 25.2 Å². The van der Waals surface area contributed by atoms with Gasteiger partial charge in [-0.3, -0.25) is 14.7 Å². The van der Waals surface area contributed by atoms with Crippen molar-refractivity contribution in [1.29, 1.82) is 0 Å². The molecule has 2 fully saturated rings. The van der Waals surface area contributed by atoms with Gasteiger partial charge in [-0.2, -0.15) is 5.01 Å². The molecule has 0 unspecified atom stereocenters. The summed E-state index contributed by atoms with van der Waals surface area (Å²) in [6.07, 6.45) is 2.18. The summed E-state index contributed by atoms with van der Waals surface area (Å²) in [5.41, 5.74) is 1.66. The smallest absolute Gasteiger partial charge is 0.251 e. The second-order valence-electron chi connectivity index (χ2n) is 7.79. The molecule has 0 aliphatic carbocycles. The lowest BCUT2D eigenvalue weighted by Gasteiger charge is -2.54. The third-order valence-electron chi connectivity index (χ3n) is 5.80. The van der Waals surface area contributed by atoms with E-state index in [-0.39, 0.29) is 30.4 Å². The molecule has 30 heavy (non-hydrogen) atoms. The third kappa shape index (κ3) is 4.23. The predicted molar refractivity (Wildman–Crippen MR) is 113 cm³/mol. The summed E-state index contributed by atoms with van der Waals surface area (Å²) in [4.78, 5) is 15.2. The second kappa shape index (κ2) is 8.95. The number of hydrogen-bond donors (Lipinski definition) is 2. The van der Waals surface area contributed by atoms with E-state index in [0.717, 1.165) is 11.6 Å². The maximum Gasteiger partial charge on any atom is 0.251 e. The molecule has 2 heterocycles. The number of carbonyl (C=O) groups excluding carboxylic acids is 1. The minimum atomic E-state index is -0.421. The first-order valence-corrected chi connectivity index (χ1v) is 10.2. The normalized spacial score (nSPS) is 22.7. The van der Waals surface area contributed by atoms with Crippen molar-refractivity contribution in [3.63, 3.8) is 0 Å². The van der Waals surface area contributed by atoms with Gasteiger partial charge in [-0.15, -0.1) is 6.58 Å². The van der Waals surface area contributed by atoms with E-state index >= 15 is 0 Å². The first-order valence-electron chi connectivity index (χ1n) is 10.2. The molecule has 158 valence electrons. The van der Waals surface area contributed by atoms with Crippen LogP contribution in [0.4, 0.5) is 4.39 Å². The molecule has 1 amide bonds. The van der Waals surface area contributed by atoms with Gasteiger partial charge in [0.25, 0.3) is 5.91 Å². The molecule has 2 aromatic carbocycles. The van der Waals surface area contributed by atoms with Gasteiger partial charge in [0, 0.05) is 31.7 Å². The number of fused-ring (bicyclic) bond motifs is 1. The Morgan fingerprint density at radius 1 is 1.20 bits per heavy atom. The Morgan fingerprint density at radius 2 is 2.00 bits per heavy atom. The van der Waals surface area contributed by atoms with E-state index in [2.05, 4.69) is 33.9 Å². The van der Waals surface area contributed by atoms with Crippen molar-refractivity contribution < 1.29 is 14.3 Å². The number of halogens is 1. The Hall–Kier alpha value is -2.74. The number of hydrogen-bond acceptors (Lipinski definition) is 5. The number of phenols is 1. The number of benzene rings is 2. The lowest BCUT2D eigenvalue weighted by atomic mass is 10.00. The molecule has 0 bridgehead atoms. The number of hydrazine groups is 1. The molecule has 2 aliphatic heterocycles. The van der Waals surface area contributed by atoms with Gasteiger partial charge in [-0.25, -0.2) is 4.39 Å². The molecule has 6 nitrogen and oxygen atoms in total. The molecule has 4 rings (SSSR count). The monoisotopic (exact) mass is 410 g/mol. The second-order valence-corrected chi connectivity index (χ2v) is 7.79. The number of nitrogens with one attached hydrogen (secondary N) is 1. The minimum absolute atomic E-state index is 0.0140. The van der Waals surface area contributed by atoms with Gasteiger partial charge < -0.3 is 10.4 Å². The molecular formula is C23H27FN4O2. The number of piperazine rings is 1. The van der Waals surface area contributed by atoms with E-state index < -0.39 is 5.82 Å². The van der Waals surface area contributed by atoms with Crippen LogP contribution in [0.3, 0.4) is 0 Å². The summed E-state index contributed by atoms with van der Waals surface area (Å²) in [5, 5.41) is 16.8. The van der Waals surface area contributed by atoms with E-state index in [1.54, 1.807) is 17.2 Å². The van der Waals surface area contributed by atoms with Crippen LogP contribution in [0, 0.1) is 5.82 Å². The van der Waals surface area contributed by atoms with Crippen LogP contribution in [0.2, 0.25) is 0 Å². The summed E-state index contributed by atoms with van der Waals surface area (Å²) in [6, 6.07) is 14.3. The van der Waals surface area contributed by atoms with Crippen LogP contribution >= 0.6 is 0 Å². The molecule has 2 saturated heterocycles. The Balaban J connectivity index is 1.60. The highest BCUT2D eigenvalue weighted by molar-refractivity contribution is 5.78. The maximum absolute atomic E-state index is 14.3. The van der Waals surface area contributed by atoms with E-state index in [1.807, 2.05) is 18.2 Å². The van der Waals surface area contributed by atoms with Crippen molar-refractivity contribution in [3.05, 3.63) is 78.1 Å². The van der Waals surface area contributed by atoms with Crippen LogP contribution in [0.1, 0.15) is 11.1 Å². The Kier molecular flexibility index (Phi) is 6.13. The predicted octanol–water partition coefficient (Wildman–Crippen LogP) is 2.12. The zero-order valence-corrected chi connectivity index (χ0v) is 16.9. The lowest BCUT2D eigenvalue weighted by Crippen LogP contribution is -2.72. The molecule has 2 aliphatic rings. The quantitative estimate of drug-likeness (QED) is 0.715. The van der Waals surface area contributed by atoms with E-state index in [0.29, 0.717) is 38.2 Å². The van der Waals surface area contributed by atoms with Crippen LogP contribution in [0.5, 0.6) is 5.75 Å². The highest BCUT2D eigenvalue weighted by Gasteiger charge is 2.43. The Labute approximate surface area is 176 Å². The van der Waals surface area contributed by atoms with Crippen LogP contribution in [-0.4, -0.2) is 64.3 Å². The highest BCUT2D eigenvalue weighted by Crippen LogP contribution is 2.26. The fraction of sp³-hybridized carbons (Fsp3) is 0.348. The average molecular weight is 410 g/mol. The van der Waals surface area contributed by atoms with Crippen LogP contribution in [0.15, 0.2) is 61.2 Å². The summed E-state index contributed by atoms with van der Waals surface area (Å²) in [7, 11) is 0. The fourth-order valence-electron chi connectivity index (χ4n) is 4.35. The summed E-state index contributed by atoms with van der Waals surface area (Å²) in [6.45, 7) is 6.53. The standard InChI is InChI=1S/C23H27FN4O2/c1-2-10-27-23(30)16-26-19(11-18-8-9-20(29)12-21(18)24)13-25-14-22(26)28(27)15-17-6-4-3-5-7-17/h2-9,12,19,22,25,29H,1,10-11,13-16H2/t19-,22-/m0/s1. The van der Waals surface area contributed by atoms with Gasteiger partial charge in [0.1, 0.15) is 11.6 Å². The van der Waals surface area contributed by atoms with E-state index in [4.69, 9.17) is 0 Å². The summed E-state index contributed by atoms with van der Waals surface area (Å²) >= 11 is 0.